The summed E-state index contributed by atoms with van der Waals surface area (Å²) in [7, 11) is 3.21. The molecule has 104 valence electrons. The van der Waals surface area contributed by atoms with Crippen molar-refractivity contribution in [2.24, 2.45) is 0 Å². The van der Waals surface area contributed by atoms with Crippen LogP contribution in [-0.2, 0) is 0 Å². The normalized spacial score (nSPS) is 9.95. The van der Waals surface area contributed by atoms with Crippen LogP contribution in [0.5, 0.6) is 11.5 Å². The number of methoxy groups -OCH3 is 2. The van der Waals surface area contributed by atoms with E-state index in [2.05, 4.69) is 27.9 Å². The van der Waals surface area contributed by atoms with Gasteiger partial charge in [0.1, 0.15) is 11.5 Å². The smallest absolute Gasteiger partial charge is 0.255 e. The van der Waals surface area contributed by atoms with Crippen molar-refractivity contribution in [1.82, 2.24) is 0 Å². The van der Waals surface area contributed by atoms with Gasteiger partial charge < -0.3 is 14.8 Å². The Bertz CT molecular complexity index is 611. The van der Waals surface area contributed by atoms with E-state index in [1.54, 1.807) is 56.7 Å². The zero-order valence-corrected chi connectivity index (χ0v) is 13.3. The number of hydrogen-bond acceptors (Lipinski definition) is 3. The maximum absolute atomic E-state index is 12.1. The van der Waals surface area contributed by atoms with Crippen LogP contribution in [-0.4, -0.2) is 20.1 Å². The molecular formula is C15H14INO3. The lowest BCUT2D eigenvalue weighted by Crippen LogP contribution is -2.12. The first-order chi connectivity index (χ1) is 9.63. The number of halogens is 1. The highest BCUT2D eigenvalue weighted by molar-refractivity contribution is 14.1. The first-order valence-electron chi connectivity index (χ1n) is 5.93. The van der Waals surface area contributed by atoms with E-state index in [1.807, 2.05) is 0 Å². The number of amides is 1. The minimum absolute atomic E-state index is 0.157. The van der Waals surface area contributed by atoms with Crippen molar-refractivity contribution in [3.63, 3.8) is 0 Å². The molecular weight excluding hydrogens is 369 g/mol. The minimum Gasteiger partial charge on any atom is -0.497 e. The van der Waals surface area contributed by atoms with Gasteiger partial charge in [0.2, 0.25) is 0 Å². The number of nitrogens with one attached hydrogen (secondary N) is 1. The number of rotatable bonds is 4. The maximum Gasteiger partial charge on any atom is 0.255 e. The van der Waals surface area contributed by atoms with Gasteiger partial charge in [0, 0.05) is 11.3 Å². The quantitative estimate of drug-likeness (QED) is 0.822. The fourth-order valence-corrected chi connectivity index (χ4v) is 2.42. The van der Waals surface area contributed by atoms with Crippen molar-refractivity contribution >= 4 is 34.2 Å². The molecule has 2 aromatic rings. The molecule has 0 saturated carbocycles. The Morgan fingerprint density at radius 2 is 1.75 bits per heavy atom. The molecule has 0 fully saturated rings. The number of hydrogen-bond donors (Lipinski definition) is 1. The number of ether oxygens (including phenoxy) is 2. The summed E-state index contributed by atoms with van der Waals surface area (Å²) in [6, 6.07) is 12.5. The third-order valence-electron chi connectivity index (χ3n) is 2.76. The molecule has 0 atom stereocenters. The van der Waals surface area contributed by atoms with E-state index < -0.39 is 0 Å². The van der Waals surface area contributed by atoms with Gasteiger partial charge in [-0.15, -0.1) is 0 Å². The molecule has 0 radical (unpaired) electrons. The summed E-state index contributed by atoms with van der Waals surface area (Å²) >= 11 is 2.14. The van der Waals surface area contributed by atoms with Crippen LogP contribution in [0.15, 0.2) is 42.5 Å². The van der Waals surface area contributed by atoms with E-state index in [1.165, 1.54) is 0 Å². The molecule has 4 nitrogen and oxygen atoms in total. The minimum atomic E-state index is -0.157. The van der Waals surface area contributed by atoms with Crippen molar-refractivity contribution in [2.45, 2.75) is 0 Å². The third-order valence-corrected chi connectivity index (χ3v) is 3.60. The second kappa shape index (κ2) is 6.60. The summed E-state index contributed by atoms with van der Waals surface area (Å²) in [5.74, 6) is 1.35. The monoisotopic (exact) mass is 383 g/mol. The number of carbonyl (C=O) groups excluding carboxylic acids is 1. The lowest BCUT2D eigenvalue weighted by molar-refractivity contribution is 0.102. The fourth-order valence-electron chi connectivity index (χ4n) is 1.69. The Balaban J connectivity index is 2.12. The van der Waals surface area contributed by atoms with Crippen molar-refractivity contribution in [2.75, 3.05) is 19.5 Å². The number of anilines is 1. The van der Waals surface area contributed by atoms with Crippen LogP contribution in [0, 0.1) is 3.57 Å². The predicted octanol–water partition coefficient (Wildman–Crippen LogP) is 3.56. The average Bonchev–Trinajstić information content (AvgIpc) is 2.48. The van der Waals surface area contributed by atoms with E-state index in [-0.39, 0.29) is 5.91 Å². The second-order valence-electron chi connectivity index (χ2n) is 4.03. The lowest BCUT2D eigenvalue weighted by atomic mass is 10.2. The fraction of sp³-hybridized carbons (Fsp3) is 0.133. The lowest BCUT2D eigenvalue weighted by Gasteiger charge is -2.08. The number of benzene rings is 2. The van der Waals surface area contributed by atoms with Gasteiger partial charge in [-0.25, -0.2) is 0 Å². The van der Waals surface area contributed by atoms with Gasteiger partial charge in [-0.2, -0.15) is 0 Å². The Hall–Kier alpha value is -1.76. The summed E-state index contributed by atoms with van der Waals surface area (Å²) in [6.45, 7) is 0. The average molecular weight is 383 g/mol. The molecule has 5 heteroatoms. The van der Waals surface area contributed by atoms with Gasteiger partial charge in [-0.05, 0) is 65.1 Å². The zero-order chi connectivity index (χ0) is 14.5. The van der Waals surface area contributed by atoms with Gasteiger partial charge in [0.05, 0.1) is 17.8 Å². The van der Waals surface area contributed by atoms with Crippen molar-refractivity contribution in [3.8, 4) is 11.5 Å². The van der Waals surface area contributed by atoms with E-state index in [4.69, 9.17) is 9.47 Å². The molecule has 2 aromatic carbocycles. The Morgan fingerprint density at radius 1 is 1.05 bits per heavy atom. The predicted molar refractivity (Wildman–Crippen MR) is 86.7 cm³/mol. The van der Waals surface area contributed by atoms with Gasteiger partial charge in [-0.1, -0.05) is 0 Å². The van der Waals surface area contributed by atoms with Gasteiger partial charge >= 0.3 is 0 Å². The highest BCUT2D eigenvalue weighted by Gasteiger charge is 2.09. The second-order valence-corrected chi connectivity index (χ2v) is 5.19. The molecule has 0 unspecified atom stereocenters. The molecule has 0 aliphatic carbocycles. The summed E-state index contributed by atoms with van der Waals surface area (Å²) in [5, 5.41) is 2.84. The van der Waals surface area contributed by atoms with E-state index >= 15 is 0 Å². The van der Waals surface area contributed by atoms with Crippen LogP contribution in [0.2, 0.25) is 0 Å². The first-order valence-corrected chi connectivity index (χ1v) is 7.01. The van der Waals surface area contributed by atoms with Crippen molar-refractivity contribution < 1.29 is 14.3 Å². The Kier molecular flexibility index (Phi) is 4.84. The Morgan fingerprint density at radius 3 is 2.30 bits per heavy atom. The Labute approximate surface area is 131 Å². The van der Waals surface area contributed by atoms with Crippen LogP contribution >= 0.6 is 22.6 Å². The van der Waals surface area contributed by atoms with Crippen LogP contribution in [0.3, 0.4) is 0 Å². The standard InChI is InChI=1S/C15H14INO3/c1-19-12-6-4-11(5-7-12)17-15(18)10-3-8-14(20-2)13(16)9-10/h3-9H,1-2H3,(H,17,18). The van der Waals surface area contributed by atoms with Crippen molar-refractivity contribution in [3.05, 3.63) is 51.6 Å². The molecule has 20 heavy (non-hydrogen) atoms. The van der Waals surface area contributed by atoms with Crippen LogP contribution < -0.4 is 14.8 Å². The van der Waals surface area contributed by atoms with Gasteiger partial charge in [-0.3, -0.25) is 4.79 Å². The zero-order valence-electron chi connectivity index (χ0n) is 11.1. The molecule has 2 rings (SSSR count). The largest absolute Gasteiger partial charge is 0.497 e. The van der Waals surface area contributed by atoms with Gasteiger partial charge in [0.25, 0.3) is 5.91 Å². The van der Waals surface area contributed by atoms with Gasteiger partial charge in [0.15, 0.2) is 0 Å². The van der Waals surface area contributed by atoms with E-state index in [9.17, 15) is 4.79 Å². The molecule has 0 bridgehead atoms. The van der Waals surface area contributed by atoms with E-state index in [0.29, 0.717) is 5.56 Å². The summed E-state index contributed by atoms with van der Waals surface area (Å²) in [6.07, 6.45) is 0. The van der Waals surface area contributed by atoms with Crippen LogP contribution in [0.1, 0.15) is 10.4 Å². The highest BCUT2D eigenvalue weighted by atomic mass is 127. The molecule has 1 N–H and O–H groups in total. The van der Waals surface area contributed by atoms with Crippen molar-refractivity contribution in [1.29, 1.82) is 0 Å². The molecule has 0 heterocycles. The topological polar surface area (TPSA) is 47.6 Å². The summed E-state index contributed by atoms with van der Waals surface area (Å²) < 4.78 is 11.1. The SMILES string of the molecule is COc1ccc(NC(=O)c2ccc(OC)c(I)c2)cc1. The first kappa shape index (κ1) is 14.6. The maximum atomic E-state index is 12.1. The summed E-state index contributed by atoms with van der Waals surface area (Å²) in [4.78, 5) is 12.1. The molecule has 0 saturated heterocycles. The van der Waals surface area contributed by atoms with E-state index in [0.717, 1.165) is 20.8 Å². The number of carbonyl (C=O) groups is 1. The summed E-state index contributed by atoms with van der Waals surface area (Å²) in [5.41, 5.74) is 1.31. The highest BCUT2D eigenvalue weighted by Crippen LogP contribution is 2.22. The molecule has 1 amide bonds. The molecule has 0 aromatic heterocycles. The molecule has 0 spiro atoms. The molecule has 0 aliphatic rings. The van der Waals surface area contributed by atoms with Crippen LogP contribution in [0.4, 0.5) is 5.69 Å². The van der Waals surface area contributed by atoms with Crippen LogP contribution in [0.25, 0.3) is 0 Å². The third kappa shape index (κ3) is 3.41. The molecule has 0 aliphatic heterocycles.